The van der Waals surface area contributed by atoms with Crippen molar-refractivity contribution in [2.24, 2.45) is 0 Å². The van der Waals surface area contributed by atoms with Crippen LogP contribution in [0, 0.1) is 0 Å². The minimum atomic E-state index is -0.762. The van der Waals surface area contributed by atoms with Gasteiger partial charge in [-0.15, -0.1) is 0 Å². The van der Waals surface area contributed by atoms with Gasteiger partial charge >= 0.3 is 17.9 Å². The van der Waals surface area contributed by atoms with E-state index in [0.717, 1.165) is 57.8 Å². The van der Waals surface area contributed by atoms with Gasteiger partial charge in [0.2, 0.25) is 0 Å². The summed E-state index contributed by atoms with van der Waals surface area (Å²) in [6.45, 7) is 6.71. The molecule has 0 aliphatic carbocycles. The first-order chi connectivity index (χ1) is 38.5. The second-order valence-electron chi connectivity index (χ2n) is 24.9. The fourth-order valence-corrected chi connectivity index (χ4v) is 11.5. The summed E-state index contributed by atoms with van der Waals surface area (Å²) in [6.07, 6.45) is 80.3. The van der Waals surface area contributed by atoms with E-state index in [-0.39, 0.29) is 31.1 Å². The summed E-state index contributed by atoms with van der Waals surface area (Å²) in [7, 11) is 0. The van der Waals surface area contributed by atoms with Gasteiger partial charge in [-0.05, 0) is 19.3 Å². The van der Waals surface area contributed by atoms with Crippen molar-refractivity contribution in [1.29, 1.82) is 0 Å². The number of carbonyl (C=O) groups excluding carboxylic acids is 3. The van der Waals surface area contributed by atoms with E-state index >= 15 is 0 Å². The maximum Gasteiger partial charge on any atom is 0.306 e. The lowest BCUT2D eigenvalue weighted by Gasteiger charge is -2.18. The van der Waals surface area contributed by atoms with Crippen molar-refractivity contribution in [3.63, 3.8) is 0 Å². The van der Waals surface area contributed by atoms with Gasteiger partial charge in [0.05, 0.1) is 0 Å². The van der Waals surface area contributed by atoms with Crippen LogP contribution >= 0.6 is 0 Å². The summed E-state index contributed by atoms with van der Waals surface area (Å²) in [5.74, 6) is -0.828. The molecule has 0 amide bonds. The summed E-state index contributed by atoms with van der Waals surface area (Å²) in [5, 5.41) is 0. The van der Waals surface area contributed by atoms with Crippen LogP contribution in [0.1, 0.15) is 425 Å². The van der Waals surface area contributed by atoms with Crippen LogP contribution in [0.2, 0.25) is 0 Å². The number of esters is 3. The summed E-state index contributed by atoms with van der Waals surface area (Å²) in [5.41, 5.74) is 0. The first kappa shape index (κ1) is 76.4. The lowest BCUT2D eigenvalue weighted by atomic mass is 10.0. The zero-order chi connectivity index (χ0) is 56.4. The second kappa shape index (κ2) is 67.9. The van der Waals surface area contributed by atoms with Crippen LogP contribution in [-0.4, -0.2) is 37.2 Å². The van der Waals surface area contributed by atoms with Gasteiger partial charge in [0.25, 0.3) is 0 Å². The molecule has 78 heavy (non-hydrogen) atoms. The van der Waals surface area contributed by atoms with Crippen LogP contribution in [0.25, 0.3) is 0 Å². The molecule has 0 aromatic heterocycles. The molecule has 0 aromatic rings. The Labute approximate surface area is 488 Å². The minimum absolute atomic E-state index is 0.0609. The van der Waals surface area contributed by atoms with Crippen LogP contribution in [-0.2, 0) is 28.6 Å². The van der Waals surface area contributed by atoms with Gasteiger partial charge in [-0.1, -0.05) is 387 Å². The lowest BCUT2D eigenvalue weighted by Crippen LogP contribution is -2.30. The predicted molar refractivity (Wildman–Crippen MR) is 340 cm³/mol. The van der Waals surface area contributed by atoms with Crippen LogP contribution in [0.15, 0.2) is 0 Å². The lowest BCUT2D eigenvalue weighted by molar-refractivity contribution is -0.167. The quantitative estimate of drug-likeness (QED) is 0.0343. The molecule has 0 aliphatic heterocycles. The molecular formula is C72H140O6. The van der Waals surface area contributed by atoms with Gasteiger partial charge < -0.3 is 14.2 Å². The normalized spacial score (nSPS) is 11.9. The molecule has 0 saturated heterocycles. The van der Waals surface area contributed by atoms with Crippen LogP contribution < -0.4 is 0 Å². The van der Waals surface area contributed by atoms with E-state index in [2.05, 4.69) is 20.8 Å². The van der Waals surface area contributed by atoms with Crippen molar-refractivity contribution in [3.05, 3.63) is 0 Å². The number of hydrogen-bond donors (Lipinski definition) is 0. The van der Waals surface area contributed by atoms with E-state index in [1.807, 2.05) is 0 Å². The Morgan fingerprint density at radius 3 is 0.513 bits per heavy atom. The number of hydrogen-bond acceptors (Lipinski definition) is 6. The Bertz CT molecular complexity index is 1170. The largest absolute Gasteiger partial charge is 0.462 e. The zero-order valence-corrected chi connectivity index (χ0v) is 53.5. The summed E-state index contributed by atoms with van der Waals surface area (Å²) < 4.78 is 16.9. The molecule has 0 N–H and O–H groups in total. The van der Waals surface area contributed by atoms with Crippen molar-refractivity contribution in [2.75, 3.05) is 13.2 Å². The third kappa shape index (κ3) is 65.2. The Kier molecular flexibility index (Phi) is 66.5. The molecule has 1 unspecified atom stereocenters. The average Bonchev–Trinajstić information content (AvgIpc) is 3.44. The van der Waals surface area contributed by atoms with E-state index in [9.17, 15) is 14.4 Å². The Morgan fingerprint density at radius 1 is 0.205 bits per heavy atom. The first-order valence-corrected chi connectivity index (χ1v) is 36.0. The monoisotopic (exact) mass is 1100 g/mol. The standard InChI is InChI=1S/C72H140O6/c1-4-7-10-13-16-19-21-23-25-27-29-31-33-35-37-39-41-43-45-47-49-51-53-56-59-62-65-71(74)77-68-69(67-76-70(73)64-61-58-55-18-15-12-9-6-3)78-72(75)66-63-60-57-54-52-50-48-46-44-42-40-38-36-34-32-30-28-26-24-22-20-17-14-11-8-5-2/h69H,4-68H2,1-3H3. The molecule has 0 aromatic carbocycles. The molecule has 6 nitrogen and oxygen atoms in total. The summed E-state index contributed by atoms with van der Waals surface area (Å²) >= 11 is 0. The Morgan fingerprint density at radius 2 is 0.346 bits per heavy atom. The zero-order valence-electron chi connectivity index (χ0n) is 53.5. The molecule has 0 aliphatic rings. The average molecular weight is 1100 g/mol. The fourth-order valence-electron chi connectivity index (χ4n) is 11.5. The molecule has 0 heterocycles. The van der Waals surface area contributed by atoms with E-state index in [0.29, 0.717) is 19.3 Å². The molecule has 0 bridgehead atoms. The van der Waals surface area contributed by atoms with Crippen LogP contribution in [0.4, 0.5) is 0 Å². The number of unbranched alkanes of at least 4 members (excludes halogenated alkanes) is 57. The molecule has 1 atom stereocenters. The number of carbonyl (C=O) groups is 3. The second-order valence-corrected chi connectivity index (χ2v) is 24.9. The highest BCUT2D eigenvalue weighted by molar-refractivity contribution is 5.71. The number of ether oxygens (including phenoxy) is 3. The number of rotatable bonds is 68. The molecule has 0 fully saturated rings. The smallest absolute Gasteiger partial charge is 0.306 e. The third-order valence-electron chi connectivity index (χ3n) is 16.9. The maximum absolute atomic E-state index is 12.9. The summed E-state index contributed by atoms with van der Waals surface area (Å²) in [4.78, 5) is 38.2. The molecule has 0 rings (SSSR count). The van der Waals surface area contributed by atoms with Crippen LogP contribution in [0.5, 0.6) is 0 Å². The van der Waals surface area contributed by atoms with Gasteiger partial charge in [0.1, 0.15) is 13.2 Å². The highest BCUT2D eigenvalue weighted by Gasteiger charge is 2.20. The topological polar surface area (TPSA) is 78.9 Å². The van der Waals surface area contributed by atoms with Gasteiger partial charge in [-0.2, -0.15) is 0 Å². The van der Waals surface area contributed by atoms with E-state index < -0.39 is 6.10 Å². The fraction of sp³-hybridized carbons (Fsp3) is 0.958. The Hall–Kier alpha value is -1.59. The van der Waals surface area contributed by atoms with Gasteiger partial charge in [0, 0.05) is 19.3 Å². The molecule has 0 spiro atoms. The first-order valence-electron chi connectivity index (χ1n) is 36.0. The highest BCUT2D eigenvalue weighted by atomic mass is 16.6. The molecular weight excluding hydrogens is 961 g/mol. The van der Waals surface area contributed by atoms with Gasteiger partial charge in [-0.3, -0.25) is 14.4 Å². The van der Waals surface area contributed by atoms with Crippen molar-refractivity contribution >= 4 is 17.9 Å². The van der Waals surface area contributed by atoms with Crippen molar-refractivity contribution in [2.45, 2.75) is 431 Å². The molecule has 6 heteroatoms. The van der Waals surface area contributed by atoms with Crippen LogP contribution in [0.3, 0.4) is 0 Å². The SMILES string of the molecule is CCCCCCCCCCCCCCCCCCCCCCCCCCCCC(=O)OCC(COC(=O)CCCCCCCCCC)OC(=O)CCCCCCCCCCCCCCCCCCCCCCCCCCCC. The molecule has 464 valence electrons. The van der Waals surface area contributed by atoms with Gasteiger partial charge in [0.15, 0.2) is 6.10 Å². The van der Waals surface area contributed by atoms with Crippen molar-refractivity contribution < 1.29 is 28.6 Å². The molecule has 0 saturated carbocycles. The molecule has 0 radical (unpaired) electrons. The van der Waals surface area contributed by atoms with Gasteiger partial charge in [-0.25, -0.2) is 0 Å². The highest BCUT2D eigenvalue weighted by Crippen LogP contribution is 2.20. The van der Waals surface area contributed by atoms with E-state index in [1.165, 1.54) is 327 Å². The van der Waals surface area contributed by atoms with Crippen molar-refractivity contribution in [1.82, 2.24) is 0 Å². The summed E-state index contributed by atoms with van der Waals surface area (Å²) in [6, 6.07) is 0. The third-order valence-corrected chi connectivity index (χ3v) is 16.9. The van der Waals surface area contributed by atoms with E-state index in [4.69, 9.17) is 14.2 Å². The predicted octanol–water partition coefficient (Wildman–Crippen LogP) is 24.6. The van der Waals surface area contributed by atoms with E-state index in [1.54, 1.807) is 0 Å². The minimum Gasteiger partial charge on any atom is -0.462 e. The Balaban J connectivity index is 4.02. The maximum atomic E-state index is 12.9. The van der Waals surface area contributed by atoms with Crippen molar-refractivity contribution in [3.8, 4) is 0 Å².